The van der Waals surface area contributed by atoms with Crippen LogP contribution in [-0.4, -0.2) is 19.1 Å². The smallest absolute Gasteiger partial charge is 0.235 e. The van der Waals surface area contributed by atoms with Crippen molar-refractivity contribution in [3.8, 4) is 45.1 Å². The summed E-state index contributed by atoms with van der Waals surface area (Å²) in [7, 11) is 0. The first-order valence-corrected chi connectivity index (χ1v) is 18.3. The zero-order valence-electron chi connectivity index (χ0n) is 29.3. The highest BCUT2D eigenvalue weighted by Crippen LogP contribution is 2.39. The lowest BCUT2D eigenvalue weighted by Gasteiger charge is -2.13. The molecule has 4 nitrogen and oxygen atoms in total. The van der Waals surface area contributed by atoms with Crippen LogP contribution in [0.4, 0.5) is 0 Å². The van der Waals surface area contributed by atoms with Crippen molar-refractivity contribution in [3.05, 3.63) is 194 Å². The van der Waals surface area contributed by atoms with Crippen LogP contribution in [0.5, 0.6) is 0 Å². The number of benzene rings is 8. The molecule has 0 radical (unpaired) electrons. The van der Waals surface area contributed by atoms with E-state index in [1.165, 1.54) is 49.3 Å². The van der Waals surface area contributed by atoms with Gasteiger partial charge in [0.2, 0.25) is 5.95 Å². The molecule has 8 aromatic carbocycles. The molecule has 0 amide bonds. The molecule has 0 aliphatic carbocycles. The molecule has 11 aromatic rings. The van der Waals surface area contributed by atoms with Gasteiger partial charge in [-0.15, -0.1) is 0 Å². The number of hydrogen-bond donors (Lipinski definition) is 0. The summed E-state index contributed by atoms with van der Waals surface area (Å²) < 4.78 is 4.59. The summed E-state index contributed by atoms with van der Waals surface area (Å²) in [5.74, 6) is 0.655. The van der Waals surface area contributed by atoms with Gasteiger partial charge < -0.3 is 4.57 Å². The minimum atomic E-state index is 0.655. The largest absolute Gasteiger partial charge is 0.309 e. The molecule has 3 heterocycles. The highest BCUT2D eigenvalue weighted by atomic mass is 15.2. The minimum absolute atomic E-state index is 0.655. The molecule has 3 aromatic heterocycles. The first kappa shape index (κ1) is 30.3. The maximum Gasteiger partial charge on any atom is 0.235 e. The van der Waals surface area contributed by atoms with Gasteiger partial charge in [0.25, 0.3) is 0 Å². The number of fused-ring (bicyclic) bond motifs is 7. The highest BCUT2D eigenvalue weighted by Gasteiger charge is 2.19. The summed E-state index contributed by atoms with van der Waals surface area (Å²) in [6.45, 7) is 0. The molecule has 0 saturated carbocycles. The standard InChI is InChI=1S/C50H32N4/c1-3-14-33(15-4-1)34-16-13-17-37(30-34)49-41-22-7-10-23-44(41)51-50(52-49)54-46-25-12-9-21-40(46)43-32-36(27-29-48(43)54)35-26-28-47-42(31-35)39-20-8-11-24-45(39)53(47)38-18-5-2-6-19-38/h1-32H. The van der Waals surface area contributed by atoms with E-state index in [9.17, 15) is 0 Å². The normalized spacial score (nSPS) is 11.7. The van der Waals surface area contributed by atoms with E-state index in [4.69, 9.17) is 9.97 Å². The average molecular weight is 689 g/mol. The van der Waals surface area contributed by atoms with Gasteiger partial charge in [0.15, 0.2) is 0 Å². The molecule has 252 valence electrons. The summed E-state index contributed by atoms with van der Waals surface area (Å²) in [4.78, 5) is 10.6. The van der Waals surface area contributed by atoms with Crippen LogP contribution in [0.15, 0.2) is 194 Å². The molecule has 0 bridgehead atoms. The fourth-order valence-corrected chi connectivity index (χ4v) is 8.24. The molecular formula is C50H32N4. The van der Waals surface area contributed by atoms with E-state index in [1.54, 1.807) is 0 Å². The molecular weight excluding hydrogens is 657 g/mol. The van der Waals surface area contributed by atoms with Gasteiger partial charge >= 0.3 is 0 Å². The van der Waals surface area contributed by atoms with Crippen LogP contribution in [-0.2, 0) is 0 Å². The van der Waals surface area contributed by atoms with Gasteiger partial charge in [-0.2, -0.15) is 0 Å². The van der Waals surface area contributed by atoms with E-state index in [0.29, 0.717) is 5.95 Å². The van der Waals surface area contributed by atoms with Gasteiger partial charge in [-0.05, 0) is 82.9 Å². The van der Waals surface area contributed by atoms with Crippen LogP contribution in [0, 0.1) is 0 Å². The van der Waals surface area contributed by atoms with Gasteiger partial charge in [-0.1, -0.05) is 133 Å². The molecule has 0 N–H and O–H groups in total. The number of hydrogen-bond acceptors (Lipinski definition) is 2. The molecule has 11 rings (SSSR count). The first-order chi connectivity index (χ1) is 26.8. The van der Waals surface area contributed by atoms with Crippen LogP contribution in [0.2, 0.25) is 0 Å². The molecule has 54 heavy (non-hydrogen) atoms. The minimum Gasteiger partial charge on any atom is -0.309 e. The third kappa shape index (κ3) is 4.78. The second kappa shape index (κ2) is 12.1. The van der Waals surface area contributed by atoms with Crippen molar-refractivity contribution in [2.45, 2.75) is 0 Å². The third-order valence-corrected chi connectivity index (χ3v) is 10.7. The van der Waals surface area contributed by atoms with Crippen LogP contribution >= 0.6 is 0 Å². The zero-order chi connectivity index (χ0) is 35.6. The molecule has 0 atom stereocenters. The van der Waals surface area contributed by atoms with Crippen LogP contribution < -0.4 is 0 Å². The molecule has 4 heteroatoms. The van der Waals surface area contributed by atoms with E-state index >= 15 is 0 Å². The van der Waals surface area contributed by atoms with Crippen LogP contribution in [0.1, 0.15) is 0 Å². The van der Waals surface area contributed by atoms with Gasteiger partial charge in [0.05, 0.1) is 33.3 Å². The lowest BCUT2D eigenvalue weighted by atomic mass is 10.00. The Hall–Kier alpha value is -7.30. The molecule has 0 fully saturated rings. The number of nitrogens with zero attached hydrogens (tertiary/aromatic N) is 4. The average Bonchev–Trinajstić information content (AvgIpc) is 3.76. The Balaban J connectivity index is 1.09. The summed E-state index contributed by atoms with van der Waals surface area (Å²) in [5.41, 5.74) is 13.3. The maximum absolute atomic E-state index is 5.37. The van der Waals surface area contributed by atoms with Crippen molar-refractivity contribution < 1.29 is 0 Å². The van der Waals surface area contributed by atoms with Crippen LogP contribution in [0.25, 0.3) is 99.7 Å². The van der Waals surface area contributed by atoms with Gasteiger partial charge in [0, 0.05) is 38.2 Å². The fraction of sp³-hybridized carbons (Fsp3) is 0. The SMILES string of the molecule is c1ccc(-c2cccc(-c3nc(-n4c5ccccc5c5cc(-c6ccc7c(c6)c6ccccc6n7-c6ccccc6)ccc54)nc4ccccc34)c2)cc1. The molecule has 0 saturated heterocycles. The highest BCUT2D eigenvalue weighted by molar-refractivity contribution is 6.12. The Bertz CT molecular complexity index is 3210. The topological polar surface area (TPSA) is 35.6 Å². The molecule has 0 aliphatic heterocycles. The number of para-hydroxylation sites is 4. The lowest BCUT2D eigenvalue weighted by Crippen LogP contribution is -2.03. The summed E-state index contributed by atoms with van der Waals surface area (Å²) >= 11 is 0. The van der Waals surface area contributed by atoms with E-state index in [0.717, 1.165) is 44.4 Å². The Morgan fingerprint density at radius 2 is 0.796 bits per heavy atom. The Kier molecular flexibility index (Phi) is 6.82. The predicted molar refractivity (Wildman–Crippen MR) is 225 cm³/mol. The summed E-state index contributed by atoms with van der Waals surface area (Å²) in [6, 6.07) is 69.1. The van der Waals surface area contributed by atoms with Crippen molar-refractivity contribution in [1.29, 1.82) is 0 Å². The van der Waals surface area contributed by atoms with Crippen molar-refractivity contribution in [2.24, 2.45) is 0 Å². The maximum atomic E-state index is 5.37. The number of aromatic nitrogens is 4. The van der Waals surface area contributed by atoms with Gasteiger partial charge in [-0.3, -0.25) is 4.57 Å². The van der Waals surface area contributed by atoms with Crippen molar-refractivity contribution in [1.82, 2.24) is 19.1 Å². The first-order valence-electron chi connectivity index (χ1n) is 18.3. The van der Waals surface area contributed by atoms with Gasteiger partial charge in [0.1, 0.15) is 0 Å². The fourth-order valence-electron chi connectivity index (χ4n) is 8.24. The third-order valence-electron chi connectivity index (χ3n) is 10.7. The molecule has 0 unspecified atom stereocenters. The van der Waals surface area contributed by atoms with Crippen molar-refractivity contribution >= 4 is 54.5 Å². The Morgan fingerprint density at radius 3 is 1.50 bits per heavy atom. The van der Waals surface area contributed by atoms with Crippen LogP contribution in [0.3, 0.4) is 0 Å². The Labute approximate surface area is 311 Å². The monoisotopic (exact) mass is 688 g/mol. The van der Waals surface area contributed by atoms with E-state index in [1.807, 2.05) is 0 Å². The second-order valence-electron chi connectivity index (χ2n) is 13.8. The van der Waals surface area contributed by atoms with Crippen molar-refractivity contribution in [2.75, 3.05) is 0 Å². The molecule has 0 spiro atoms. The summed E-state index contributed by atoms with van der Waals surface area (Å²) in [6.07, 6.45) is 0. The zero-order valence-corrected chi connectivity index (χ0v) is 29.3. The van der Waals surface area contributed by atoms with Gasteiger partial charge in [-0.25, -0.2) is 9.97 Å². The molecule has 0 aliphatic rings. The summed E-state index contributed by atoms with van der Waals surface area (Å²) in [5, 5.41) is 5.84. The predicted octanol–water partition coefficient (Wildman–Crippen LogP) is 12.8. The van der Waals surface area contributed by atoms with E-state index in [-0.39, 0.29) is 0 Å². The quantitative estimate of drug-likeness (QED) is 0.180. The number of rotatable bonds is 5. The lowest BCUT2D eigenvalue weighted by molar-refractivity contribution is 1.01. The Morgan fingerprint density at radius 1 is 0.296 bits per heavy atom. The van der Waals surface area contributed by atoms with E-state index in [2.05, 4.69) is 203 Å². The van der Waals surface area contributed by atoms with E-state index < -0.39 is 0 Å². The van der Waals surface area contributed by atoms with Crippen molar-refractivity contribution in [3.63, 3.8) is 0 Å². The second-order valence-corrected chi connectivity index (χ2v) is 13.8.